The molecule has 6 nitrogen and oxygen atoms in total. The van der Waals surface area contributed by atoms with Crippen LogP contribution >= 0.6 is 11.6 Å². The second-order valence-electron chi connectivity index (χ2n) is 4.34. The minimum Gasteiger partial charge on any atom is -0.351 e. The molecule has 0 fully saturated rings. The van der Waals surface area contributed by atoms with Crippen molar-refractivity contribution in [3.8, 4) is 0 Å². The van der Waals surface area contributed by atoms with E-state index in [2.05, 4.69) is 10.5 Å². The van der Waals surface area contributed by atoms with Gasteiger partial charge in [0, 0.05) is 19.3 Å². The Balaban J connectivity index is 3.09. The molecule has 0 aliphatic heterocycles. The summed E-state index contributed by atoms with van der Waals surface area (Å²) in [6.07, 6.45) is 1.10. The van der Waals surface area contributed by atoms with Crippen LogP contribution in [0.25, 0.3) is 0 Å². The van der Waals surface area contributed by atoms with Crippen LogP contribution in [0.2, 0.25) is 5.02 Å². The Hall–Kier alpha value is -0.660. The van der Waals surface area contributed by atoms with Crippen molar-refractivity contribution in [2.75, 3.05) is 13.2 Å². The van der Waals surface area contributed by atoms with Gasteiger partial charge in [0.15, 0.2) is 6.29 Å². The molecule has 0 saturated heterocycles. The molecule has 0 aliphatic carbocycles. The first kappa shape index (κ1) is 16.4. The Kier molecular flexibility index (Phi) is 6.74. The van der Waals surface area contributed by atoms with Crippen molar-refractivity contribution in [1.82, 2.24) is 15.2 Å². The number of hydrogen-bond donors (Lipinski definition) is 2. The van der Waals surface area contributed by atoms with E-state index in [-0.39, 0.29) is 12.1 Å². The summed E-state index contributed by atoms with van der Waals surface area (Å²) >= 11 is 6.22. The van der Waals surface area contributed by atoms with Crippen molar-refractivity contribution in [3.05, 3.63) is 16.9 Å². The molecule has 110 valence electrons. The number of aromatic nitrogens is 2. The SMILES string of the molecule is CCOC(OCC)C(NN)c1c(Cl)cnn1C(C)C. The van der Waals surface area contributed by atoms with Gasteiger partial charge in [0.25, 0.3) is 0 Å². The minimum absolute atomic E-state index is 0.169. The first-order chi connectivity index (χ1) is 9.06. The normalized spacial score (nSPS) is 13.5. The van der Waals surface area contributed by atoms with E-state index >= 15 is 0 Å². The summed E-state index contributed by atoms with van der Waals surface area (Å²) in [5, 5.41) is 4.81. The lowest BCUT2D eigenvalue weighted by Crippen LogP contribution is -2.41. The molecule has 0 spiro atoms. The number of halogens is 1. The van der Waals surface area contributed by atoms with Gasteiger partial charge in [0.05, 0.1) is 16.9 Å². The Bertz CT molecular complexity index is 378. The highest BCUT2D eigenvalue weighted by atomic mass is 35.5. The van der Waals surface area contributed by atoms with E-state index in [1.807, 2.05) is 32.4 Å². The van der Waals surface area contributed by atoms with Gasteiger partial charge in [-0.1, -0.05) is 11.6 Å². The molecular weight excluding hydrogens is 268 g/mol. The Morgan fingerprint density at radius 3 is 2.37 bits per heavy atom. The number of nitrogens with two attached hydrogens (primary N) is 1. The zero-order chi connectivity index (χ0) is 14.4. The minimum atomic E-state index is -0.508. The van der Waals surface area contributed by atoms with Crippen LogP contribution < -0.4 is 11.3 Å². The highest BCUT2D eigenvalue weighted by molar-refractivity contribution is 6.31. The maximum Gasteiger partial charge on any atom is 0.179 e. The quantitative estimate of drug-likeness (QED) is 0.435. The molecule has 0 saturated carbocycles. The number of hydrazine groups is 1. The van der Waals surface area contributed by atoms with Crippen LogP contribution in [0.15, 0.2) is 6.20 Å². The molecule has 0 amide bonds. The molecule has 0 bridgehead atoms. The van der Waals surface area contributed by atoms with E-state index in [0.29, 0.717) is 18.2 Å². The van der Waals surface area contributed by atoms with E-state index in [9.17, 15) is 0 Å². The zero-order valence-electron chi connectivity index (χ0n) is 11.9. The van der Waals surface area contributed by atoms with Crippen LogP contribution in [0.1, 0.15) is 45.5 Å². The molecule has 1 aromatic rings. The molecule has 0 aromatic carbocycles. The van der Waals surface area contributed by atoms with Gasteiger partial charge in [-0.05, 0) is 27.7 Å². The monoisotopic (exact) mass is 290 g/mol. The zero-order valence-corrected chi connectivity index (χ0v) is 12.6. The largest absolute Gasteiger partial charge is 0.351 e. The first-order valence-corrected chi connectivity index (χ1v) is 6.86. The highest BCUT2D eigenvalue weighted by Gasteiger charge is 2.29. The molecule has 1 rings (SSSR count). The van der Waals surface area contributed by atoms with Gasteiger partial charge in [-0.15, -0.1) is 0 Å². The van der Waals surface area contributed by atoms with Gasteiger partial charge < -0.3 is 9.47 Å². The summed E-state index contributed by atoms with van der Waals surface area (Å²) in [6.45, 7) is 8.90. The first-order valence-electron chi connectivity index (χ1n) is 6.48. The van der Waals surface area contributed by atoms with E-state index in [4.69, 9.17) is 26.9 Å². The fraction of sp³-hybridized carbons (Fsp3) is 0.750. The maximum atomic E-state index is 6.22. The third-order valence-electron chi connectivity index (χ3n) is 2.68. The second-order valence-corrected chi connectivity index (χ2v) is 4.75. The number of nitrogens with one attached hydrogen (secondary N) is 1. The summed E-state index contributed by atoms with van der Waals surface area (Å²) in [5.41, 5.74) is 3.48. The van der Waals surface area contributed by atoms with Gasteiger partial charge in [-0.25, -0.2) is 5.43 Å². The molecule has 0 aliphatic rings. The van der Waals surface area contributed by atoms with Crippen LogP contribution in [0, 0.1) is 0 Å². The average Bonchev–Trinajstić information content (AvgIpc) is 2.73. The van der Waals surface area contributed by atoms with Crippen molar-refractivity contribution in [2.24, 2.45) is 5.84 Å². The summed E-state index contributed by atoms with van der Waals surface area (Å²) in [5.74, 6) is 5.65. The molecule has 1 atom stereocenters. The molecule has 1 unspecified atom stereocenters. The molecule has 3 N–H and O–H groups in total. The molecule has 0 radical (unpaired) electrons. The predicted molar refractivity (Wildman–Crippen MR) is 74.7 cm³/mol. The summed E-state index contributed by atoms with van der Waals surface area (Å²) < 4.78 is 13.0. The van der Waals surface area contributed by atoms with Crippen molar-refractivity contribution in [1.29, 1.82) is 0 Å². The Morgan fingerprint density at radius 2 is 1.95 bits per heavy atom. The summed E-state index contributed by atoms with van der Waals surface area (Å²) in [6, 6.07) is -0.209. The van der Waals surface area contributed by atoms with Crippen molar-refractivity contribution >= 4 is 11.6 Å². The fourth-order valence-corrected chi connectivity index (χ4v) is 2.16. The van der Waals surface area contributed by atoms with Crippen LogP contribution in [0.5, 0.6) is 0 Å². The summed E-state index contributed by atoms with van der Waals surface area (Å²) in [7, 11) is 0. The highest BCUT2D eigenvalue weighted by Crippen LogP contribution is 2.28. The Morgan fingerprint density at radius 1 is 1.37 bits per heavy atom. The smallest absolute Gasteiger partial charge is 0.179 e. The lowest BCUT2D eigenvalue weighted by atomic mass is 10.2. The maximum absolute atomic E-state index is 6.22. The van der Waals surface area contributed by atoms with E-state index in [0.717, 1.165) is 5.69 Å². The topological polar surface area (TPSA) is 74.3 Å². The van der Waals surface area contributed by atoms with Gasteiger partial charge in [0.2, 0.25) is 0 Å². The Labute approximate surface area is 119 Å². The van der Waals surface area contributed by atoms with Gasteiger partial charge in [-0.3, -0.25) is 10.5 Å². The average molecular weight is 291 g/mol. The summed E-state index contributed by atoms with van der Waals surface area (Å²) in [4.78, 5) is 0. The van der Waals surface area contributed by atoms with E-state index in [1.165, 1.54) is 0 Å². The molecular formula is C12H23ClN4O2. The van der Waals surface area contributed by atoms with Crippen LogP contribution in [0.4, 0.5) is 0 Å². The molecule has 1 aromatic heterocycles. The molecule has 7 heteroatoms. The van der Waals surface area contributed by atoms with Crippen LogP contribution in [0.3, 0.4) is 0 Å². The standard InChI is InChI=1S/C12H23ClN4O2/c1-5-18-12(19-6-2)10(16-14)11-9(13)7-15-17(11)8(3)4/h7-8,10,12,16H,5-6,14H2,1-4H3. The second kappa shape index (κ2) is 7.81. The van der Waals surface area contributed by atoms with E-state index < -0.39 is 6.29 Å². The number of hydrogen-bond acceptors (Lipinski definition) is 5. The number of rotatable bonds is 8. The van der Waals surface area contributed by atoms with Gasteiger partial charge in [0.1, 0.15) is 6.04 Å². The van der Waals surface area contributed by atoms with Crippen molar-refractivity contribution < 1.29 is 9.47 Å². The lowest BCUT2D eigenvalue weighted by Gasteiger charge is -2.27. The third kappa shape index (κ3) is 3.90. The van der Waals surface area contributed by atoms with Gasteiger partial charge in [-0.2, -0.15) is 5.10 Å². The predicted octanol–water partition coefficient (Wildman–Crippen LogP) is 2.02. The van der Waals surface area contributed by atoms with Gasteiger partial charge >= 0.3 is 0 Å². The number of ether oxygens (including phenoxy) is 2. The number of nitrogens with zero attached hydrogens (tertiary/aromatic N) is 2. The van der Waals surface area contributed by atoms with Crippen molar-refractivity contribution in [3.63, 3.8) is 0 Å². The third-order valence-corrected chi connectivity index (χ3v) is 2.98. The van der Waals surface area contributed by atoms with E-state index in [1.54, 1.807) is 6.20 Å². The molecule has 1 heterocycles. The van der Waals surface area contributed by atoms with Crippen LogP contribution in [-0.2, 0) is 9.47 Å². The molecule has 19 heavy (non-hydrogen) atoms. The van der Waals surface area contributed by atoms with Crippen molar-refractivity contribution in [2.45, 2.75) is 46.1 Å². The van der Waals surface area contributed by atoms with Crippen LogP contribution in [-0.4, -0.2) is 29.3 Å². The fourth-order valence-electron chi connectivity index (χ4n) is 1.91. The lowest BCUT2D eigenvalue weighted by molar-refractivity contribution is -0.156.